The van der Waals surface area contributed by atoms with Crippen LogP contribution in [0.15, 0.2) is 89.8 Å². The number of halogens is 2. The number of hydrogen-bond acceptors (Lipinski definition) is 5. The highest BCUT2D eigenvalue weighted by Gasteiger charge is 2.23. The largest absolute Gasteiger partial charge is 0.459 e. The summed E-state index contributed by atoms with van der Waals surface area (Å²) in [7, 11) is 0. The van der Waals surface area contributed by atoms with Crippen LogP contribution in [0, 0.1) is 0 Å². The first-order valence-corrected chi connectivity index (χ1v) is 13.6. The number of hydrogen-bond donors (Lipinski definition) is 1. The maximum Gasteiger partial charge on any atom is 0.327 e. The van der Waals surface area contributed by atoms with Crippen LogP contribution >= 0.6 is 35.1 Å². The Labute approximate surface area is 237 Å². The van der Waals surface area contributed by atoms with Crippen LogP contribution < -0.4 is 9.62 Å². The van der Waals surface area contributed by atoms with Crippen molar-refractivity contribution >= 4 is 63.5 Å². The number of anilines is 1. The van der Waals surface area contributed by atoms with Crippen molar-refractivity contribution in [3.05, 3.63) is 106 Å². The molecule has 0 saturated carbocycles. The summed E-state index contributed by atoms with van der Waals surface area (Å²) < 4.78 is 7.45. The summed E-state index contributed by atoms with van der Waals surface area (Å²) in [5, 5.41) is 5.59. The second kappa shape index (κ2) is 12.1. The number of amides is 1. The predicted molar refractivity (Wildman–Crippen MR) is 157 cm³/mol. The SMILES string of the molecule is CC(C)(C)OC(=O)CN(Sc1cc(Cl)cc(Cl)c1)c1ccc(C(=O)NCc2ccccc2)c2ccccc12. The van der Waals surface area contributed by atoms with Gasteiger partial charge in [0.05, 0.1) is 5.69 Å². The molecule has 0 radical (unpaired) electrons. The smallest absolute Gasteiger partial charge is 0.327 e. The number of carbonyl (C=O) groups is 2. The van der Waals surface area contributed by atoms with Gasteiger partial charge in [-0.05, 0) is 74.0 Å². The van der Waals surface area contributed by atoms with Gasteiger partial charge in [-0.25, -0.2) is 0 Å². The van der Waals surface area contributed by atoms with Gasteiger partial charge < -0.3 is 14.4 Å². The number of esters is 1. The highest BCUT2D eigenvalue weighted by Crippen LogP contribution is 2.37. The molecule has 4 rings (SSSR count). The van der Waals surface area contributed by atoms with E-state index in [-0.39, 0.29) is 18.4 Å². The van der Waals surface area contributed by atoms with Crippen LogP contribution in [0.4, 0.5) is 5.69 Å². The van der Waals surface area contributed by atoms with Gasteiger partial charge in [-0.3, -0.25) is 9.59 Å². The molecule has 0 aromatic heterocycles. The number of rotatable bonds is 8. The van der Waals surface area contributed by atoms with Crippen LogP contribution in [0.5, 0.6) is 0 Å². The lowest BCUT2D eigenvalue weighted by Gasteiger charge is -2.27. The Morgan fingerprint density at radius 3 is 2.16 bits per heavy atom. The van der Waals surface area contributed by atoms with E-state index >= 15 is 0 Å². The van der Waals surface area contributed by atoms with Crippen molar-refractivity contribution in [1.29, 1.82) is 0 Å². The molecule has 4 aromatic carbocycles. The lowest BCUT2D eigenvalue weighted by atomic mass is 10.0. The number of ether oxygens (including phenoxy) is 1. The molecular formula is C30H28Cl2N2O3S. The van der Waals surface area contributed by atoms with Crippen molar-refractivity contribution in [3.63, 3.8) is 0 Å². The third-order valence-corrected chi connectivity index (χ3v) is 6.88. The molecule has 0 heterocycles. The summed E-state index contributed by atoms with van der Waals surface area (Å²) in [5.41, 5.74) is 1.69. The van der Waals surface area contributed by atoms with Crippen molar-refractivity contribution in [2.75, 3.05) is 10.8 Å². The van der Waals surface area contributed by atoms with E-state index in [1.165, 1.54) is 11.9 Å². The predicted octanol–water partition coefficient (Wildman–Crippen LogP) is 7.93. The Hall–Kier alpha value is -3.19. The minimum Gasteiger partial charge on any atom is -0.459 e. The van der Waals surface area contributed by atoms with Gasteiger partial charge in [-0.2, -0.15) is 0 Å². The van der Waals surface area contributed by atoms with Gasteiger partial charge in [0, 0.05) is 32.4 Å². The lowest BCUT2D eigenvalue weighted by Crippen LogP contribution is -2.31. The molecule has 1 amide bonds. The molecule has 0 unspecified atom stereocenters. The summed E-state index contributed by atoms with van der Waals surface area (Å²) in [6.07, 6.45) is 0. The summed E-state index contributed by atoms with van der Waals surface area (Å²) >= 11 is 13.8. The highest BCUT2D eigenvalue weighted by atomic mass is 35.5. The van der Waals surface area contributed by atoms with Gasteiger partial charge in [0.1, 0.15) is 12.1 Å². The number of benzene rings is 4. The van der Waals surface area contributed by atoms with Gasteiger partial charge in [-0.1, -0.05) is 77.8 Å². The van der Waals surface area contributed by atoms with Gasteiger partial charge in [0.15, 0.2) is 0 Å². The quantitative estimate of drug-likeness (QED) is 0.173. The molecule has 0 spiro atoms. The second-order valence-electron chi connectivity index (χ2n) is 9.67. The monoisotopic (exact) mass is 566 g/mol. The molecule has 0 aliphatic carbocycles. The maximum atomic E-state index is 13.2. The summed E-state index contributed by atoms with van der Waals surface area (Å²) in [5.74, 6) is -0.559. The fourth-order valence-electron chi connectivity index (χ4n) is 3.94. The van der Waals surface area contributed by atoms with Crippen LogP contribution in [-0.2, 0) is 16.1 Å². The van der Waals surface area contributed by atoms with E-state index in [0.29, 0.717) is 22.2 Å². The molecular weight excluding hydrogens is 539 g/mol. The van der Waals surface area contributed by atoms with Crippen molar-refractivity contribution in [3.8, 4) is 0 Å². The van der Waals surface area contributed by atoms with Gasteiger partial charge >= 0.3 is 5.97 Å². The first kappa shape index (κ1) is 27.8. The van der Waals surface area contributed by atoms with Crippen molar-refractivity contribution in [1.82, 2.24) is 5.32 Å². The minimum absolute atomic E-state index is 0.0321. The van der Waals surface area contributed by atoms with Gasteiger partial charge in [0.2, 0.25) is 0 Å². The van der Waals surface area contributed by atoms with E-state index < -0.39 is 5.60 Å². The zero-order valence-electron chi connectivity index (χ0n) is 21.3. The Bertz CT molecular complexity index is 1440. The third-order valence-electron chi connectivity index (χ3n) is 5.45. The van der Waals surface area contributed by atoms with Gasteiger partial charge in [-0.15, -0.1) is 0 Å². The zero-order valence-corrected chi connectivity index (χ0v) is 23.7. The first-order valence-electron chi connectivity index (χ1n) is 12.1. The van der Waals surface area contributed by atoms with E-state index in [1.54, 1.807) is 24.3 Å². The molecule has 8 heteroatoms. The van der Waals surface area contributed by atoms with Crippen LogP contribution in [0.1, 0.15) is 36.7 Å². The van der Waals surface area contributed by atoms with E-state index in [9.17, 15) is 9.59 Å². The topological polar surface area (TPSA) is 58.6 Å². The first-order chi connectivity index (χ1) is 18.1. The van der Waals surface area contributed by atoms with E-state index in [0.717, 1.165) is 26.9 Å². The molecule has 0 bridgehead atoms. The highest BCUT2D eigenvalue weighted by molar-refractivity contribution is 8.00. The molecule has 4 aromatic rings. The van der Waals surface area contributed by atoms with Crippen LogP contribution in [0.3, 0.4) is 0 Å². The van der Waals surface area contributed by atoms with Crippen LogP contribution in [0.2, 0.25) is 10.0 Å². The maximum absolute atomic E-state index is 13.2. The molecule has 196 valence electrons. The van der Waals surface area contributed by atoms with Gasteiger partial charge in [0.25, 0.3) is 5.91 Å². The third kappa shape index (κ3) is 7.44. The van der Waals surface area contributed by atoms with E-state index in [4.69, 9.17) is 27.9 Å². The summed E-state index contributed by atoms with van der Waals surface area (Å²) in [6.45, 7) is 5.88. The average molecular weight is 568 g/mol. The molecule has 1 N–H and O–H groups in total. The Morgan fingerprint density at radius 1 is 0.868 bits per heavy atom. The van der Waals surface area contributed by atoms with Crippen molar-refractivity contribution in [2.45, 2.75) is 37.8 Å². The van der Waals surface area contributed by atoms with Crippen molar-refractivity contribution in [2.24, 2.45) is 0 Å². The molecule has 5 nitrogen and oxygen atoms in total. The molecule has 0 aliphatic rings. The molecule has 38 heavy (non-hydrogen) atoms. The Morgan fingerprint density at radius 2 is 1.50 bits per heavy atom. The fraction of sp³-hybridized carbons (Fsp3) is 0.200. The Balaban J connectivity index is 1.70. The van der Waals surface area contributed by atoms with Crippen molar-refractivity contribution < 1.29 is 14.3 Å². The lowest BCUT2D eigenvalue weighted by molar-refractivity contribution is -0.152. The van der Waals surface area contributed by atoms with E-state index in [2.05, 4.69) is 5.32 Å². The van der Waals surface area contributed by atoms with Crippen LogP contribution in [-0.4, -0.2) is 24.0 Å². The van der Waals surface area contributed by atoms with E-state index in [1.807, 2.05) is 85.7 Å². The molecule has 0 saturated heterocycles. The minimum atomic E-state index is -0.629. The standard InChI is InChI=1S/C30H28Cl2N2O3S/c1-30(2,3)37-28(35)19-34(38-23-16-21(31)15-22(32)17-23)27-14-13-26(24-11-7-8-12-25(24)27)29(36)33-18-20-9-5-4-6-10-20/h4-17H,18-19H2,1-3H3,(H,33,36). The Kier molecular flexibility index (Phi) is 8.87. The number of fused-ring (bicyclic) bond motifs is 1. The molecule has 0 aliphatic heterocycles. The zero-order chi connectivity index (χ0) is 27.3. The second-order valence-corrected chi connectivity index (χ2v) is 11.6. The number of carbonyl (C=O) groups excluding carboxylic acids is 2. The summed E-state index contributed by atoms with van der Waals surface area (Å²) in [6, 6.07) is 26.3. The number of nitrogens with zero attached hydrogens (tertiary/aromatic N) is 1. The molecule has 0 atom stereocenters. The summed E-state index contributed by atoms with van der Waals surface area (Å²) in [4.78, 5) is 26.8. The average Bonchev–Trinajstić information content (AvgIpc) is 2.85. The molecule has 0 fully saturated rings. The number of nitrogens with one attached hydrogen (secondary N) is 1. The normalized spacial score (nSPS) is 11.3. The van der Waals surface area contributed by atoms with Crippen LogP contribution in [0.25, 0.3) is 10.8 Å². The fourth-order valence-corrected chi connectivity index (χ4v) is 5.63.